The Kier molecular flexibility index (Phi) is 17.8. The van der Waals surface area contributed by atoms with E-state index in [4.69, 9.17) is 16.7 Å². The minimum absolute atomic E-state index is 0.181. The van der Waals surface area contributed by atoms with Gasteiger partial charge in [-0.2, -0.15) is 0 Å². The van der Waals surface area contributed by atoms with E-state index in [-0.39, 0.29) is 11.5 Å². The molecule has 1 N–H and O–H groups in total. The molecule has 2 heteroatoms. The number of alkyl halides is 1. The molecule has 0 spiro atoms. The molecule has 1 atom stereocenters. The summed E-state index contributed by atoms with van der Waals surface area (Å²) in [5, 5.41) is 9.04. The summed E-state index contributed by atoms with van der Waals surface area (Å²) in [4.78, 5) is -0.181. The summed E-state index contributed by atoms with van der Waals surface area (Å²) >= 11 is 6.76. The summed E-state index contributed by atoms with van der Waals surface area (Å²) in [6.07, 6.45) is 22.3. The van der Waals surface area contributed by atoms with Gasteiger partial charge in [-0.3, -0.25) is 0 Å². The van der Waals surface area contributed by atoms with Crippen LogP contribution in [0.4, 0.5) is 0 Å². The summed E-state index contributed by atoms with van der Waals surface area (Å²) in [6.45, 7) is 6.80. The van der Waals surface area contributed by atoms with Gasteiger partial charge in [0.25, 0.3) is 0 Å². The van der Waals surface area contributed by atoms with Gasteiger partial charge < -0.3 is 5.11 Å². The SMILES string of the molecule is CCCCCCCCCCCCCCCCC(Cl)(CCCO)[C](C)C. The van der Waals surface area contributed by atoms with Crippen molar-refractivity contribution in [3.05, 3.63) is 5.92 Å². The summed E-state index contributed by atoms with van der Waals surface area (Å²) in [6, 6.07) is 0. The van der Waals surface area contributed by atoms with E-state index in [9.17, 15) is 0 Å². The summed E-state index contributed by atoms with van der Waals surface area (Å²) in [5.74, 6) is 1.30. The van der Waals surface area contributed by atoms with Crippen LogP contribution in [-0.4, -0.2) is 16.6 Å². The lowest BCUT2D eigenvalue weighted by atomic mass is 9.85. The van der Waals surface area contributed by atoms with Gasteiger partial charge in [0.1, 0.15) is 0 Å². The Labute approximate surface area is 164 Å². The van der Waals surface area contributed by atoms with Crippen molar-refractivity contribution in [1.29, 1.82) is 0 Å². The molecule has 0 rings (SSSR count). The minimum atomic E-state index is -0.181. The smallest absolute Gasteiger partial charge is 0.0504 e. The van der Waals surface area contributed by atoms with Crippen molar-refractivity contribution in [2.24, 2.45) is 0 Å². The van der Waals surface area contributed by atoms with Crippen LogP contribution >= 0.6 is 11.6 Å². The van der Waals surface area contributed by atoms with Gasteiger partial charge in [-0.1, -0.05) is 111 Å². The van der Waals surface area contributed by atoms with Crippen LogP contribution in [0.15, 0.2) is 0 Å². The van der Waals surface area contributed by atoms with E-state index < -0.39 is 0 Å². The Bertz CT molecular complexity index is 267. The number of halogens is 1. The second-order valence-corrected chi connectivity index (χ2v) is 8.86. The number of aliphatic hydroxyl groups is 1. The van der Waals surface area contributed by atoms with Crippen molar-refractivity contribution in [3.63, 3.8) is 0 Å². The first-order valence-corrected chi connectivity index (χ1v) is 11.5. The molecule has 1 radical (unpaired) electrons. The Hall–Kier alpha value is 0.250. The molecule has 0 aromatic carbocycles. The number of hydrogen-bond donors (Lipinski definition) is 1. The van der Waals surface area contributed by atoms with E-state index >= 15 is 0 Å². The number of unbranched alkanes of at least 4 members (excludes halogenated alkanes) is 13. The van der Waals surface area contributed by atoms with Gasteiger partial charge in [0.15, 0.2) is 0 Å². The highest BCUT2D eigenvalue weighted by Crippen LogP contribution is 2.37. The van der Waals surface area contributed by atoms with Crippen LogP contribution in [0.5, 0.6) is 0 Å². The van der Waals surface area contributed by atoms with Crippen LogP contribution in [0.2, 0.25) is 0 Å². The molecule has 0 aliphatic rings. The van der Waals surface area contributed by atoms with Gasteiger partial charge in [-0.15, -0.1) is 11.6 Å². The van der Waals surface area contributed by atoms with Crippen molar-refractivity contribution in [2.75, 3.05) is 6.61 Å². The zero-order chi connectivity index (χ0) is 18.8. The minimum Gasteiger partial charge on any atom is -0.396 e. The van der Waals surface area contributed by atoms with E-state index in [2.05, 4.69) is 20.8 Å². The van der Waals surface area contributed by atoms with E-state index in [0.29, 0.717) is 0 Å². The van der Waals surface area contributed by atoms with E-state index in [1.807, 2.05) is 0 Å². The molecule has 1 nitrogen and oxygen atoms in total. The summed E-state index contributed by atoms with van der Waals surface area (Å²) in [5.41, 5.74) is 0. The summed E-state index contributed by atoms with van der Waals surface area (Å²) in [7, 11) is 0. The highest BCUT2D eigenvalue weighted by atomic mass is 35.5. The Morgan fingerprint density at radius 3 is 1.36 bits per heavy atom. The Morgan fingerprint density at radius 2 is 1.00 bits per heavy atom. The molecule has 0 saturated carbocycles. The maximum atomic E-state index is 9.04. The number of hydrogen-bond acceptors (Lipinski definition) is 1. The standard InChI is InChI=1S/C23H46ClO/c1-4-5-6-7-8-9-10-11-12-13-14-15-16-17-19-23(24,22(2)3)20-18-21-25/h25H,4-21H2,1-3H3. The summed E-state index contributed by atoms with van der Waals surface area (Å²) < 4.78 is 0. The van der Waals surface area contributed by atoms with Crippen molar-refractivity contribution >= 4 is 11.6 Å². The first-order chi connectivity index (χ1) is 12.1. The quantitative estimate of drug-likeness (QED) is 0.178. The van der Waals surface area contributed by atoms with Crippen LogP contribution in [0, 0.1) is 5.92 Å². The van der Waals surface area contributed by atoms with Gasteiger partial charge in [-0.25, -0.2) is 0 Å². The van der Waals surface area contributed by atoms with Crippen molar-refractivity contribution < 1.29 is 5.11 Å². The Balaban J connectivity index is 3.40. The number of aliphatic hydroxyl groups excluding tert-OH is 1. The van der Waals surface area contributed by atoms with Crippen molar-refractivity contribution in [1.82, 2.24) is 0 Å². The van der Waals surface area contributed by atoms with Crippen LogP contribution in [-0.2, 0) is 0 Å². The molecule has 0 bridgehead atoms. The molecule has 25 heavy (non-hydrogen) atoms. The van der Waals surface area contributed by atoms with Gasteiger partial charge in [-0.05, 0) is 25.2 Å². The van der Waals surface area contributed by atoms with Gasteiger partial charge in [0, 0.05) is 6.61 Å². The molecule has 0 aromatic rings. The average Bonchev–Trinajstić information content (AvgIpc) is 2.60. The predicted octanol–water partition coefficient (Wildman–Crippen LogP) is 8.22. The monoisotopic (exact) mass is 373 g/mol. The largest absolute Gasteiger partial charge is 0.396 e. The highest BCUT2D eigenvalue weighted by Gasteiger charge is 2.30. The van der Waals surface area contributed by atoms with Crippen LogP contribution in [0.25, 0.3) is 0 Å². The fraction of sp³-hybridized carbons (Fsp3) is 0.957. The maximum Gasteiger partial charge on any atom is 0.0504 e. The second kappa shape index (κ2) is 17.7. The van der Waals surface area contributed by atoms with Gasteiger partial charge in [0.2, 0.25) is 0 Å². The molecule has 0 heterocycles. The van der Waals surface area contributed by atoms with Crippen molar-refractivity contribution in [2.45, 2.75) is 135 Å². The maximum absolute atomic E-state index is 9.04. The first kappa shape index (κ1) is 25.2. The zero-order valence-corrected chi connectivity index (χ0v) is 18.3. The molecule has 0 aliphatic heterocycles. The van der Waals surface area contributed by atoms with Gasteiger partial charge in [0.05, 0.1) is 4.87 Å². The lowest BCUT2D eigenvalue weighted by Crippen LogP contribution is -2.27. The fourth-order valence-electron chi connectivity index (χ4n) is 3.58. The predicted molar refractivity (Wildman–Crippen MR) is 114 cm³/mol. The van der Waals surface area contributed by atoms with Crippen molar-refractivity contribution in [3.8, 4) is 0 Å². The van der Waals surface area contributed by atoms with E-state index in [1.54, 1.807) is 0 Å². The van der Waals surface area contributed by atoms with E-state index in [0.717, 1.165) is 19.3 Å². The van der Waals surface area contributed by atoms with Crippen LogP contribution < -0.4 is 0 Å². The second-order valence-electron chi connectivity index (χ2n) is 8.14. The highest BCUT2D eigenvalue weighted by molar-refractivity contribution is 6.25. The van der Waals surface area contributed by atoms with Crippen LogP contribution in [0.3, 0.4) is 0 Å². The van der Waals surface area contributed by atoms with Gasteiger partial charge >= 0.3 is 0 Å². The molecule has 151 valence electrons. The zero-order valence-electron chi connectivity index (χ0n) is 17.6. The number of rotatable bonds is 19. The lowest BCUT2D eigenvalue weighted by Gasteiger charge is -2.31. The third kappa shape index (κ3) is 15.0. The molecule has 0 aliphatic carbocycles. The fourth-order valence-corrected chi connectivity index (χ4v) is 3.85. The molecule has 0 saturated heterocycles. The molecular formula is C23H46ClO. The van der Waals surface area contributed by atoms with Crippen LogP contribution in [0.1, 0.15) is 130 Å². The molecule has 0 amide bonds. The molecule has 0 aromatic heterocycles. The Morgan fingerprint density at radius 1 is 0.640 bits per heavy atom. The lowest BCUT2D eigenvalue weighted by molar-refractivity contribution is 0.273. The topological polar surface area (TPSA) is 20.2 Å². The third-order valence-electron chi connectivity index (χ3n) is 5.55. The van der Waals surface area contributed by atoms with E-state index in [1.165, 1.54) is 95.8 Å². The molecule has 1 unspecified atom stereocenters. The first-order valence-electron chi connectivity index (χ1n) is 11.2. The molecular weight excluding hydrogens is 328 g/mol. The average molecular weight is 374 g/mol. The normalized spacial score (nSPS) is 14.2. The molecule has 0 fully saturated rings. The third-order valence-corrected chi connectivity index (χ3v) is 6.31.